The Hall–Kier alpha value is -0.820. The van der Waals surface area contributed by atoms with Gasteiger partial charge in [-0.05, 0) is 6.42 Å². The molecule has 1 heteroatoms. The fraction of sp³-hybridized carbons (Fsp3) is 0.400. The van der Waals surface area contributed by atoms with Crippen LogP contribution in [0.4, 0.5) is 0 Å². The first-order chi connectivity index (χ1) is 5.29. The first-order valence-corrected chi connectivity index (χ1v) is 4.12. The summed E-state index contributed by atoms with van der Waals surface area (Å²) in [4.78, 5) is 0. The Morgan fingerprint density at radius 2 is 1.91 bits per heavy atom. The van der Waals surface area contributed by atoms with Crippen molar-refractivity contribution in [2.24, 2.45) is 16.6 Å². The predicted molar refractivity (Wildman–Crippen MR) is 44.9 cm³/mol. The zero-order valence-electron chi connectivity index (χ0n) is 6.33. The van der Waals surface area contributed by atoms with Crippen molar-refractivity contribution in [3.05, 3.63) is 36.5 Å². The molecule has 0 bridgehead atoms. The van der Waals surface area contributed by atoms with Gasteiger partial charge < -0.3 is 5.73 Å². The summed E-state index contributed by atoms with van der Waals surface area (Å²) in [5.41, 5.74) is 6.53. The summed E-state index contributed by atoms with van der Waals surface area (Å²) in [6.45, 7) is 0. The van der Waals surface area contributed by atoms with Gasteiger partial charge in [0.25, 0.3) is 0 Å². The quantitative estimate of drug-likeness (QED) is 0.512. The molecule has 0 amide bonds. The van der Waals surface area contributed by atoms with E-state index >= 15 is 0 Å². The van der Waals surface area contributed by atoms with E-state index in [9.17, 15) is 0 Å². The molecular weight excluding hydrogens is 134 g/mol. The third kappa shape index (κ3) is 0.382. The van der Waals surface area contributed by atoms with E-state index in [0.29, 0.717) is 11.5 Å². The summed E-state index contributed by atoms with van der Waals surface area (Å²) < 4.78 is 0. The molecule has 56 valence electrons. The molecule has 3 unspecified atom stereocenters. The summed E-state index contributed by atoms with van der Waals surface area (Å²) >= 11 is 0. The van der Waals surface area contributed by atoms with Crippen molar-refractivity contribution < 1.29 is 0 Å². The van der Waals surface area contributed by atoms with E-state index in [-0.39, 0.29) is 5.41 Å². The van der Waals surface area contributed by atoms with Gasteiger partial charge in [0.15, 0.2) is 0 Å². The molecule has 3 aliphatic carbocycles. The highest BCUT2D eigenvalue weighted by molar-refractivity contribution is 5.50. The van der Waals surface area contributed by atoms with Crippen molar-refractivity contribution >= 4 is 0 Å². The maximum Gasteiger partial charge on any atom is 0.0343 e. The lowest BCUT2D eigenvalue weighted by Crippen LogP contribution is -2.66. The van der Waals surface area contributed by atoms with Gasteiger partial charge >= 0.3 is 0 Å². The zero-order valence-corrected chi connectivity index (χ0v) is 6.33. The second-order valence-corrected chi connectivity index (χ2v) is 3.84. The standard InChI is InChI=1S/C10H11N/c11-8-7-9-3-1-2-4-10(8,9)6-5-9/h1-6,8H,7,11H2. The summed E-state index contributed by atoms with van der Waals surface area (Å²) in [6.07, 6.45) is 14.5. The minimum atomic E-state index is 0.224. The Labute approximate surface area is 66.3 Å². The van der Waals surface area contributed by atoms with Crippen molar-refractivity contribution in [1.29, 1.82) is 0 Å². The van der Waals surface area contributed by atoms with Crippen LogP contribution in [0.3, 0.4) is 0 Å². The molecule has 1 fully saturated rings. The lowest BCUT2D eigenvalue weighted by molar-refractivity contribution is 0.0328. The van der Waals surface area contributed by atoms with E-state index in [2.05, 4.69) is 36.5 Å². The van der Waals surface area contributed by atoms with Crippen LogP contribution in [-0.4, -0.2) is 6.04 Å². The van der Waals surface area contributed by atoms with Crippen molar-refractivity contribution in [2.75, 3.05) is 0 Å². The highest BCUT2D eigenvalue weighted by atomic mass is 14.8. The molecule has 0 aliphatic heterocycles. The molecule has 0 radical (unpaired) electrons. The van der Waals surface area contributed by atoms with Crippen LogP contribution in [0.15, 0.2) is 36.5 Å². The molecule has 1 saturated carbocycles. The average molecular weight is 145 g/mol. The topological polar surface area (TPSA) is 26.0 Å². The molecule has 2 N–H and O–H groups in total. The number of hydrogen-bond acceptors (Lipinski definition) is 1. The molecule has 3 aliphatic rings. The van der Waals surface area contributed by atoms with Crippen LogP contribution in [-0.2, 0) is 0 Å². The first kappa shape index (κ1) is 5.78. The summed E-state index contributed by atoms with van der Waals surface area (Å²) in [6, 6.07) is 0.355. The minimum Gasteiger partial charge on any atom is -0.327 e. The number of allylic oxidation sites excluding steroid dienone is 4. The maximum absolute atomic E-state index is 5.97. The highest BCUT2D eigenvalue weighted by Gasteiger charge is 2.64. The number of rotatable bonds is 0. The Morgan fingerprint density at radius 1 is 1.09 bits per heavy atom. The molecule has 0 aromatic heterocycles. The van der Waals surface area contributed by atoms with Gasteiger partial charge in [-0.3, -0.25) is 0 Å². The fourth-order valence-electron chi connectivity index (χ4n) is 2.65. The van der Waals surface area contributed by atoms with Crippen molar-refractivity contribution in [2.45, 2.75) is 12.5 Å². The molecule has 0 aromatic rings. The van der Waals surface area contributed by atoms with Gasteiger partial charge in [0.05, 0.1) is 0 Å². The van der Waals surface area contributed by atoms with Crippen LogP contribution in [0.1, 0.15) is 6.42 Å². The lowest BCUT2D eigenvalue weighted by Gasteiger charge is -2.65. The minimum absolute atomic E-state index is 0.224. The molecule has 0 spiro atoms. The van der Waals surface area contributed by atoms with Crippen LogP contribution in [0, 0.1) is 10.8 Å². The van der Waals surface area contributed by atoms with E-state index in [1.807, 2.05) is 0 Å². The Bertz CT molecular complexity index is 300. The summed E-state index contributed by atoms with van der Waals surface area (Å²) in [5, 5.41) is 0. The average Bonchev–Trinajstić information content (AvgIpc) is 1.95. The molecule has 1 nitrogen and oxygen atoms in total. The molecule has 0 aromatic carbocycles. The molecule has 0 heterocycles. The van der Waals surface area contributed by atoms with Gasteiger partial charge in [0.1, 0.15) is 0 Å². The van der Waals surface area contributed by atoms with Crippen LogP contribution in [0.25, 0.3) is 0 Å². The van der Waals surface area contributed by atoms with E-state index in [1.54, 1.807) is 0 Å². The van der Waals surface area contributed by atoms with Gasteiger partial charge in [0.2, 0.25) is 0 Å². The SMILES string of the molecule is NC1CC23C=CC=CC12C=C3. The van der Waals surface area contributed by atoms with E-state index in [0.717, 1.165) is 6.42 Å². The lowest BCUT2D eigenvalue weighted by atomic mass is 9.39. The number of hydrogen-bond donors (Lipinski definition) is 1. The van der Waals surface area contributed by atoms with Crippen LogP contribution in [0.2, 0.25) is 0 Å². The van der Waals surface area contributed by atoms with Crippen molar-refractivity contribution in [3.63, 3.8) is 0 Å². The van der Waals surface area contributed by atoms with Crippen LogP contribution in [0.5, 0.6) is 0 Å². The van der Waals surface area contributed by atoms with Gasteiger partial charge in [-0.15, -0.1) is 0 Å². The normalized spacial score (nSPS) is 55.9. The van der Waals surface area contributed by atoms with E-state index in [4.69, 9.17) is 5.73 Å². The zero-order chi connectivity index (χ0) is 7.53. The van der Waals surface area contributed by atoms with Gasteiger partial charge in [-0.2, -0.15) is 0 Å². The molecule has 11 heavy (non-hydrogen) atoms. The molecule has 3 atom stereocenters. The van der Waals surface area contributed by atoms with E-state index in [1.165, 1.54) is 0 Å². The third-order valence-corrected chi connectivity index (χ3v) is 3.51. The van der Waals surface area contributed by atoms with Gasteiger partial charge in [-0.25, -0.2) is 0 Å². The molecule has 3 rings (SSSR count). The van der Waals surface area contributed by atoms with Crippen molar-refractivity contribution in [1.82, 2.24) is 0 Å². The van der Waals surface area contributed by atoms with Crippen LogP contribution >= 0.6 is 0 Å². The Balaban J connectivity index is 2.17. The third-order valence-electron chi connectivity index (χ3n) is 3.51. The Kier molecular flexibility index (Phi) is 0.720. The monoisotopic (exact) mass is 145 g/mol. The first-order valence-electron chi connectivity index (χ1n) is 4.12. The summed E-state index contributed by atoms with van der Waals surface area (Å²) in [5.74, 6) is 0. The molecule has 0 saturated heterocycles. The molecular formula is C10H11N. The highest BCUT2D eigenvalue weighted by Crippen LogP contribution is 2.67. The summed E-state index contributed by atoms with van der Waals surface area (Å²) in [7, 11) is 0. The predicted octanol–water partition coefficient (Wildman–Crippen LogP) is 1.39. The largest absolute Gasteiger partial charge is 0.327 e. The second-order valence-electron chi connectivity index (χ2n) is 3.84. The fourth-order valence-corrected chi connectivity index (χ4v) is 2.65. The second kappa shape index (κ2) is 1.37. The smallest absolute Gasteiger partial charge is 0.0343 e. The van der Waals surface area contributed by atoms with Crippen LogP contribution < -0.4 is 5.73 Å². The maximum atomic E-state index is 5.97. The van der Waals surface area contributed by atoms with Crippen molar-refractivity contribution in [3.8, 4) is 0 Å². The van der Waals surface area contributed by atoms with Gasteiger partial charge in [-0.1, -0.05) is 36.5 Å². The number of nitrogens with two attached hydrogens (primary N) is 1. The Morgan fingerprint density at radius 3 is 2.36 bits per heavy atom. The van der Waals surface area contributed by atoms with Gasteiger partial charge in [0, 0.05) is 16.9 Å². The van der Waals surface area contributed by atoms with E-state index < -0.39 is 0 Å².